The summed E-state index contributed by atoms with van der Waals surface area (Å²) in [6.07, 6.45) is -12.5. The van der Waals surface area contributed by atoms with Crippen LogP contribution in [0.1, 0.15) is 12.8 Å². The number of alkyl halides is 6. The molecule has 0 spiro atoms. The second kappa shape index (κ2) is 18.1. The van der Waals surface area contributed by atoms with Crippen LogP contribution >= 0.6 is 23.2 Å². The molecular weight excluding hydrogens is 651 g/mol. The fourth-order valence-electron chi connectivity index (χ4n) is 3.42. The Morgan fingerprint density at radius 3 is 1.64 bits per heavy atom. The maximum atomic E-state index is 12.2. The molecular formula is C26H23BCl2F6N4NaO4. The Balaban J connectivity index is 0.000000807. The first-order chi connectivity index (χ1) is 19.7. The number of aliphatic hydroxyl groups excluding tert-OH is 1. The Morgan fingerprint density at radius 1 is 0.841 bits per heavy atom. The predicted octanol–water partition coefficient (Wildman–Crippen LogP) is 0.637. The van der Waals surface area contributed by atoms with E-state index in [0.29, 0.717) is 69.3 Å². The number of halogens is 8. The molecule has 1 atom stereocenters. The fraction of sp³-hybridized carbons (Fsp3) is 0.423. The monoisotopic (exact) mass is 673 g/mol. The van der Waals surface area contributed by atoms with Crippen LogP contribution in [-0.2, 0) is 14.3 Å². The Hall–Kier alpha value is -2.21. The van der Waals surface area contributed by atoms with Crippen LogP contribution < -0.4 is 39.4 Å². The topological polar surface area (TPSA) is 88.0 Å². The second-order valence-corrected chi connectivity index (χ2v) is 9.42. The summed E-state index contributed by atoms with van der Waals surface area (Å²) in [5.74, 6) is 6.43. The molecule has 3 radical (unpaired) electrons. The van der Waals surface area contributed by atoms with E-state index in [1.807, 2.05) is 9.80 Å². The second-order valence-electron chi connectivity index (χ2n) is 8.55. The van der Waals surface area contributed by atoms with Gasteiger partial charge in [0.25, 0.3) is 0 Å². The first-order valence-corrected chi connectivity index (χ1v) is 12.9. The number of carbonyl (C=O) groups excluding carboxylic acids is 1. The van der Waals surface area contributed by atoms with Gasteiger partial charge < -0.3 is 25.8 Å². The van der Waals surface area contributed by atoms with Gasteiger partial charge in [-0.1, -0.05) is 29.1 Å². The molecule has 8 nitrogen and oxygen atoms in total. The molecule has 18 heteroatoms. The van der Waals surface area contributed by atoms with E-state index in [1.54, 1.807) is 18.1 Å². The summed E-state index contributed by atoms with van der Waals surface area (Å²) in [4.78, 5) is 22.8. The van der Waals surface area contributed by atoms with Gasteiger partial charge in [-0.05, 0) is 42.0 Å². The predicted molar refractivity (Wildman–Crippen MR) is 148 cm³/mol. The zero-order valence-electron chi connectivity index (χ0n) is 24.1. The summed E-state index contributed by atoms with van der Waals surface area (Å²) >= 11 is 11.8. The third kappa shape index (κ3) is 13.0. The van der Waals surface area contributed by atoms with Crippen molar-refractivity contribution < 1.29 is 76.7 Å². The molecule has 2 aromatic heterocycles. The number of nitrogens with zero attached hydrogens (tertiary/aromatic N) is 4. The minimum absolute atomic E-state index is 0. The van der Waals surface area contributed by atoms with Crippen molar-refractivity contribution in [2.24, 2.45) is 0 Å². The van der Waals surface area contributed by atoms with E-state index in [9.17, 15) is 31.1 Å². The van der Waals surface area contributed by atoms with E-state index in [0.717, 1.165) is 0 Å². The minimum atomic E-state index is -4.97. The smallest absolute Gasteiger partial charge is 1.00 e. The molecule has 4 heterocycles. The Labute approximate surface area is 284 Å². The molecule has 231 valence electrons. The summed E-state index contributed by atoms with van der Waals surface area (Å²) in [5, 5.41) is 9.45. The van der Waals surface area contributed by atoms with Crippen molar-refractivity contribution in [1.82, 2.24) is 9.97 Å². The fourth-order valence-corrected chi connectivity index (χ4v) is 3.82. The van der Waals surface area contributed by atoms with Crippen LogP contribution in [-0.4, -0.2) is 100 Å². The molecule has 1 unspecified atom stereocenters. The van der Waals surface area contributed by atoms with Gasteiger partial charge in [0, 0.05) is 44.6 Å². The number of anilines is 2. The van der Waals surface area contributed by atoms with Crippen molar-refractivity contribution in [2.45, 2.75) is 18.5 Å². The van der Waals surface area contributed by atoms with E-state index >= 15 is 0 Å². The first kappa shape index (κ1) is 39.8. The van der Waals surface area contributed by atoms with Crippen LogP contribution in [0, 0.1) is 23.7 Å². The molecule has 1 N–H and O–H groups in total. The Kier molecular flexibility index (Phi) is 16.4. The summed E-state index contributed by atoms with van der Waals surface area (Å²) in [6, 6.07) is 5.85. The maximum Gasteiger partial charge on any atom is 1.00 e. The van der Waals surface area contributed by atoms with Crippen molar-refractivity contribution in [2.75, 3.05) is 62.4 Å². The molecule has 0 saturated carbocycles. The third-order valence-corrected chi connectivity index (χ3v) is 5.87. The van der Waals surface area contributed by atoms with E-state index in [4.69, 9.17) is 37.8 Å². The number of carbonyl (C=O) groups is 1. The molecule has 0 aliphatic carbocycles. The molecule has 0 amide bonds. The number of ether oxygens (including phenoxy) is 2. The molecule has 2 aromatic rings. The number of Topliss-reactive ketones (excluding diaryl/α,β-unsaturated/α-hetero) is 1. The SMILES string of the molecule is O=C(C#Cc1cc(Cl)cc(N2CCOCC2)n1)C(F)(F)F.OC(C#Cc1cc(Cl)cc(N2CCOCC2)n1)C(F)(F)F.[B].[H-].[Na+]. The van der Waals surface area contributed by atoms with Crippen LogP contribution in [0.5, 0.6) is 0 Å². The summed E-state index contributed by atoms with van der Waals surface area (Å²) in [5.41, 5.74) is 0.0916. The van der Waals surface area contributed by atoms with Gasteiger partial charge in [0.15, 0.2) is 0 Å². The number of ketones is 1. The number of hydrogen-bond donors (Lipinski definition) is 1. The van der Waals surface area contributed by atoms with Gasteiger partial charge in [-0.2, -0.15) is 26.3 Å². The molecule has 2 saturated heterocycles. The van der Waals surface area contributed by atoms with Crippen LogP contribution in [0.4, 0.5) is 38.0 Å². The van der Waals surface area contributed by atoms with Gasteiger partial charge in [-0.15, -0.1) is 0 Å². The van der Waals surface area contributed by atoms with Crippen molar-refractivity contribution in [3.8, 4) is 23.7 Å². The molecule has 2 aliphatic heterocycles. The largest absolute Gasteiger partial charge is 1.00 e. The zero-order chi connectivity index (χ0) is 30.9. The number of morpholine rings is 2. The minimum Gasteiger partial charge on any atom is -1.00 e. The molecule has 0 aromatic carbocycles. The number of hydrogen-bond acceptors (Lipinski definition) is 8. The molecule has 2 aliphatic rings. The average molecular weight is 674 g/mol. The van der Waals surface area contributed by atoms with E-state index in [-0.39, 0.29) is 55.8 Å². The molecule has 44 heavy (non-hydrogen) atoms. The third-order valence-electron chi connectivity index (χ3n) is 5.43. The van der Waals surface area contributed by atoms with Crippen molar-refractivity contribution in [3.05, 3.63) is 45.7 Å². The molecule has 0 bridgehead atoms. The maximum absolute atomic E-state index is 12.2. The van der Waals surface area contributed by atoms with E-state index in [2.05, 4.69) is 21.8 Å². The number of pyridine rings is 2. The van der Waals surface area contributed by atoms with E-state index < -0.39 is 24.2 Å². The van der Waals surface area contributed by atoms with Gasteiger partial charge in [0.1, 0.15) is 23.0 Å². The Morgan fingerprint density at radius 2 is 1.25 bits per heavy atom. The van der Waals surface area contributed by atoms with Gasteiger partial charge >= 0.3 is 47.7 Å². The Bertz CT molecular complexity index is 1390. The summed E-state index contributed by atoms with van der Waals surface area (Å²) in [7, 11) is 0. The quantitative estimate of drug-likeness (QED) is 0.283. The average Bonchev–Trinajstić information content (AvgIpc) is 2.94. The molecule has 2 fully saturated rings. The molecule has 4 rings (SSSR count). The number of aliphatic hydroxyl groups is 1. The van der Waals surface area contributed by atoms with Crippen molar-refractivity contribution in [1.29, 1.82) is 0 Å². The van der Waals surface area contributed by atoms with Crippen LogP contribution in [0.25, 0.3) is 0 Å². The summed E-state index contributed by atoms with van der Waals surface area (Å²) in [6.45, 7) is 4.58. The van der Waals surface area contributed by atoms with Gasteiger partial charge in [0.2, 0.25) is 6.10 Å². The van der Waals surface area contributed by atoms with Gasteiger partial charge in [-0.3, -0.25) is 4.79 Å². The van der Waals surface area contributed by atoms with Crippen LogP contribution in [0.2, 0.25) is 10.0 Å². The van der Waals surface area contributed by atoms with Crippen molar-refractivity contribution >= 4 is 49.0 Å². The van der Waals surface area contributed by atoms with Crippen LogP contribution in [0.3, 0.4) is 0 Å². The number of aromatic nitrogens is 2. The zero-order valence-corrected chi connectivity index (χ0v) is 26.6. The standard InChI is InChI=1S/C13H12ClF3N2O2.C13H10ClF3N2O2.B.Na.H/c2*14-9-7-10(1-2-11(20)13(15,16)17)18-12(8-9)19-3-5-21-6-4-19;;;/h7-8,11,20H,3-6H2;7-8H,3-6H2;;;/q;;;+1;-1. The van der Waals surface area contributed by atoms with Crippen LogP contribution in [0.15, 0.2) is 24.3 Å². The first-order valence-electron chi connectivity index (χ1n) is 12.1. The van der Waals surface area contributed by atoms with Gasteiger partial charge in [-0.25, -0.2) is 9.97 Å². The summed E-state index contributed by atoms with van der Waals surface area (Å²) < 4.78 is 83.2. The van der Waals surface area contributed by atoms with Gasteiger partial charge in [0.05, 0.1) is 26.4 Å². The van der Waals surface area contributed by atoms with Crippen molar-refractivity contribution in [3.63, 3.8) is 0 Å². The normalized spacial score (nSPS) is 15.5. The number of rotatable bonds is 2. The van der Waals surface area contributed by atoms with E-state index in [1.165, 1.54) is 18.1 Å².